The molecule has 0 amide bonds. The molecule has 0 aliphatic carbocycles. The molecule has 0 aromatic carbocycles. The third kappa shape index (κ3) is 1.80. The zero-order valence-electron chi connectivity index (χ0n) is 9.83. The van der Waals surface area contributed by atoms with E-state index in [0.29, 0.717) is 12.0 Å². The number of hydrogen-bond donors (Lipinski definition) is 3. The highest BCUT2D eigenvalue weighted by Gasteiger charge is 2.11. The smallest absolute Gasteiger partial charge is 0.223 e. The lowest BCUT2D eigenvalue weighted by molar-refractivity contribution is 0.760. The Balaban J connectivity index is 2.53. The van der Waals surface area contributed by atoms with Crippen LogP contribution in [0.5, 0.6) is 0 Å². The first-order valence-corrected chi connectivity index (χ1v) is 5.49. The second kappa shape index (κ2) is 4.00. The van der Waals surface area contributed by atoms with Gasteiger partial charge in [-0.05, 0) is 25.8 Å². The number of nitrogen functional groups attached to an aromatic ring is 1. The molecule has 0 spiro atoms. The highest BCUT2D eigenvalue weighted by molar-refractivity contribution is 5.91. The van der Waals surface area contributed by atoms with Gasteiger partial charge in [0.05, 0.1) is 5.39 Å². The van der Waals surface area contributed by atoms with E-state index in [4.69, 9.17) is 5.73 Å². The predicted octanol–water partition coefficient (Wildman–Crippen LogP) is 2.06. The maximum Gasteiger partial charge on any atom is 0.223 e. The lowest BCUT2D eigenvalue weighted by Crippen LogP contribution is -2.15. The van der Waals surface area contributed by atoms with Crippen molar-refractivity contribution in [2.75, 3.05) is 11.1 Å². The van der Waals surface area contributed by atoms with Crippen molar-refractivity contribution in [1.82, 2.24) is 15.0 Å². The zero-order chi connectivity index (χ0) is 11.7. The van der Waals surface area contributed by atoms with Gasteiger partial charge in [0.15, 0.2) is 0 Å². The number of nitrogens with two attached hydrogens (primary N) is 1. The third-order valence-corrected chi connectivity index (χ3v) is 2.74. The Kier molecular flexibility index (Phi) is 2.68. The lowest BCUT2D eigenvalue weighted by atomic mass is 10.2. The molecule has 0 unspecified atom stereocenters. The Morgan fingerprint density at radius 3 is 2.94 bits per heavy atom. The van der Waals surface area contributed by atoms with Gasteiger partial charge in [0.25, 0.3) is 0 Å². The van der Waals surface area contributed by atoms with Crippen LogP contribution in [0, 0.1) is 6.92 Å². The van der Waals surface area contributed by atoms with Gasteiger partial charge in [0, 0.05) is 12.2 Å². The zero-order valence-corrected chi connectivity index (χ0v) is 9.83. The van der Waals surface area contributed by atoms with Gasteiger partial charge < -0.3 is 16.0 Å². The number of anilines is 2. The fraction of sp³-hybridized carbons (Fsp3) is 0.455. The number of nitrogens with one attached hydrogen (secondary N) is 2. The second-order valence-corrected chi connectivity index (χ2v) is 4.08. The van der Waals surface area contributed by atoms with Crippen molar-refractivity contribution < 1.29 is 0 Å². The monoisotopic (exact) mass is 219 g/mol. The van der Waals surface area contributed by atoms with Gasteiger partial charge in [0.2, 0.25) is 5.95 Å². The van der Waals surface area contributed by atoms with Gasteiger partial charge in [-0.3, -0.25) is 0 Å². The topological polar surface area (TPSA) is 79.6 Å². The molecule has 5 heteroatoms. The summed E-state index contributed by atoms with van der Waals surface area (Å²) in [6.07, 6.45) is 2.95. The van der Waals surface area contributed by atoms with Crippen LogP contribution in [0.25, 0.3) is 11.0 Å². The van der Waals surface area contributed by atoms with Crippen molar-refractivity contribution in [3.63, 3.8) is 0 Å². The van der Waals surface area contributed by atoms with E-state index in [1.807, 2.05) is 13.1 Å². The predicted molar refractivity (Wildman–Crippen MR) is 66.4 cm³/mol. The average Bonchev–Trinajstić information content (AvgIpc) is 2.60. The molecule has 0 saturated heterocycles. The first kappa shape index (κ1) is 10.7. The van der Waals surface area contributed by atoms with Gasteiger partial charge >= 0.3 is 0 Å². The summed E-state index contributed by atoms with van der Waals surface area (Å²) in [6, 6.07) is 0.367. The second-order valence-electron chi connectivity index (χ2n) is 4.08. The Morgan fingerprint density at radius 2 is 2.25 bits per heavy atom. The first-order valence-electron chi connectivity index (χ1n) is 5.49. The molecule has 4 N–H and O–H groups in total. The highest BCUT2D eigenvalue weighted by atomic mass is 15.1. The van der Waals surface area contributed by atoms with Crippen LogP contribution in [0.2, 0.25) is 0 Å². The van der Waals surface area contributed by atoms with Crippen LogP contribution >= 0.6 is 0 Å². The summed E-state index contributed by atoms with van der Waals surface area (Å²) in [4.78, 5) is 11.5. The molecule has 2 heterocycles. The molecule has 0 fully saturated rings. The minimum absolute atomic E-state index is 0.292. The van der Waals surface area contributed by atoms with Crippen molar-refractivity contribution in [2.45, 2.75) is 33.2 Å². The van der Waals surface area contributed by atoms with Crippen molar-refractivity contribution in [1.29, 1.82) is 0 Å². The first-order chi connectivity index (χ1) is 7.61. The number of aromatic amines is 1. The summed E-state index contributed by atoms with van der Waals surface area (Å²) in [7, 11) is 0. The Hall–Kier alpha value is -1.78. The quantitative estimate of drug-likeness (QED) is 0.738. The van der Waals surface area contributed by atoms with E-state index in [-0.39, 0.29) is 0 Å². The maximum atomic E-state index is 5.67. The SMILES string of the molecule is CC[C@@H](C)Nc1nc(N)nc2[nH]cc(C)c12. The van der Waals surface area contributed by atoms with E-state index in [0.717, 1.165) is 28.8 Å². The molecule has 0 saturated carbocycles. The molecule has 16 heavy (non-hydrogen) atoms. The van der Waals surface area contributed by atoms with E-state index in [9.17, 15) is 0 Å². The molecule has 2 aromatic heterocycles. The van der Waals surface area contributed by atoms with Crippen molar-refractivity contribution in [3.05, 3.63) is 11.8 Å². The Morgan fingerprint density at radius 1 is 1.50 bits per heavy atom. The molecule has 2 rings (SSSR count). The van der Waals surface area contributed by atoms with Crippen molar-refractivity contribution in [3.8, 4) is 0 Å². The summed E-state index contributed by atoms with van der Waals surface area (Å²) >= 11 is 0. The number of fused-ring (bicyclic) bond motifs is 1. The van der Waals surface area contributed by atoms with Crippen LogP contribution in [-0.2, 0) is 0 Å². The third-order valence-electron chi connectivity index (χ3n) is 2.74. The Labute approximate surface area is 94.5 Å². The van der Waals surface area contributed by atoms with E-state index >= 15 is 0 Å². The van der Waals surface area contributed by atoms with E-state index < -0.39 is 0 Å². The van der Waals surface area contributed by atoms with Crippen LogP contribution < -0.4 is 11.1 Å². The molecule has 2 aromatic rings. The summed E-state index contributed by atoms with van der Waals surface area (Å²) < 4.78 is 0. The minimum Gasteiger partial charge on any atom is -0.368 e. The van der Waals surface area contributed by atoms with Gasteiger partial charge in [-0.25, -0.2) is 0 Å². The summed E-state index contributed by atoms with van der Waals surface area (Å²) in [6.45, 7) is 6.27. The molecule has 5 nitrogen and oxygen atoms in total. The largest absolute Gasteiger partial charge is 0.368 e. The molecule has 0 aliphatic heterocycles. The summed E-state index contributed by atoms with van der Waals surface area (Å²) in [5, 5.41) is 4.37. The van der Waals surface area contributed by atoms with E-state index in [1.165, 1.54) is 0 Å². The van der Waals surface area contributed by atoms with Crippen molar-refractivity contribution >= 4 is 22.8 Å². The highest BCUT2D eigenvalue weighted by Crippen LogP contribution is 2.24. The minimum atomic E-state index is 0.292. The van der Waals surface area contributed by atoms with Crippen LogP contribution in [0.4, 0.5) is 11.8 Å². The molecule has 0 aliphatic rings. The van der Waals surface area contributed by atoms with Crippen LogP contribution in [0.15, 0.2) is 6.20 Å². The maximum absolute atomic E-state index is 5.67. The number of aryl methyl sites for hydroxylation is 1. The molecule has 86 valence electrons. The molecular weight excluding hydrogens is 202 g/mol. The average molecular weight is 219 g/mol. The fourth-order valence-corrected chi connectivity index (χ4v) is 1.64. The van der Waals surface area contributed by atoms with Crippen LogP contribution in [0.1, 0.15) is 25.8 Å². The van der Waals surface area contributed by atoms with Gasteiger partial charge in [-0.1, -0.05) is 6.92 Å². The van der Waals surface area contributed by atoms with Crippen molar-refractivity contribution in [2.24, 2.45) is 0 Å². The molecular formula is C11H17N5. The normalized spacial score (nSPS) is 12.9. The molecule has 1 atom stereocenters. The van der Waals surface area contributed by atoms with Crippen LogP contribution in [-0.4, -0.2) is 21.0 Å². The Bertz CT molecular complexity index is 502. The van der Waals surface area contributed by atoms with Gasteiger partial charge in [-0.15, -0.1) is 0 Å². The summed E-state index contributed by atoms with van der Waals surface area (Å²) in [5.74, 6) is 1.11. The van der Waals surface area contributed by atoms with Gasteiger partial charge in [-0.2, -0.15) is 9.97 Å². The number of aromatic nitrogens is 3. The number of nitrogens with zero attached hydrogens (tertiary/aromatic N) is 2. The fourth-order valence-electron chi connectivity index (χ4n) is 1.64. The molecule has 0 bridgehead atoms. The van der Waals surface area contributed by atoms with E-state index in [1.54, 1.807) is 0 Å². The standard InChI is InChI=1S/C11H17N5/c1-4-7(3)14-10-8-6(2)5-13-9(8)15-11(12)16-10/h5,7H,4H2,1-3H3,(H4,12,13,14,15,16)/t7-/m1/s1. The molecule has 0 radical (unpaired) electrons. The van der Waals surface area contributed by atoms with Gasteiger partial charge in [0.1, 0.15) is 11.5 Å². The summed E-state index contributed by atoms with van der Waals surface area (Å²) in [5.41, 5.74) is 7.58. The number of rotatable bonds is 3. The number of H-pyrrole nitrogens is 1. The number of hydrogen-bond acceptors (Lipinski definition) is 4. The van der Waals surface area contributed by atoms with E-state index in [2.05, 4.69) is 34.1 Å². The van der Waals surface area contributed by atoms with Crippen LogP contribution in [0.3, 0.4) is 0 Å². The lowest BCUT2D eigenvalue weighted by Gasteiger charge is -2.13.